The first-order chi connectivity index (χ1) is 6.15. The first-order valence-corrected chi connectivity index (χ1v) is 4.62. The predicted molar refractivity (Wildman–Crippen MR) is 51.3 cm³/mol. The SMILES string of the molecule is CCCC(=O)c1cnc(Cl)nc1Cl. The van der Waals surface area contributed by atoms with Crippen LogP contribution in [0.5, 0.6) is 0 Å². The average Bonchev–Trinajstić information content (AvgIpc) is 2.04. The molecule has 13 heavy (non-hydrogen) atoms. The van der Waals surface area contributed by atoms with Crippen molar-refractivity contribution in [3.8, 4) is 0 Å². The lowest BCUT2D eigenvalue weighted by Gasteiger charge is -2.00. The molecular weight excluding hydrogens is 211 g/mol. The second-order valence-electron chi connectivity index (χ2n) is 2.52. The molecule has 0 unspecified atom stereocenters. The van der Waals surface area contributed by atoms with Gasteiger partial charge in [0.2, 0.25) is 5.28 Å². The van der Waals surface area contributed by atoms with Gasteiger partial charge in [0.1, 0.15) is 5.15 Å². The van der Waals surface area contributed by atoms with Gasteiger partial charge in [0.05, 0.1) is 5.56 Å². The van der Waals surface area contributed by atoms with Crippen LogP contribution in [0.15, 0.2) is 6.20 Å². The molecule has 1 heterocycles. The number of ketones is 1. The molecule has 0 N–H and O–H groups in total. The highest BCUT2D eigenvalue weighted by Gasteiger charge is 2.11. The zero-order chi connectivity index (χ0) is 9.84. The number of aromatic nitrogens is 2. The monoisotopic (exact) mass is 218 g/mol. The molecule has 1 rings (SSSR count). The Morgan fingerprint density at radius 3 is 2.77 bits per heavy atom. The van der Waals surface area contributed by atoms with Gasteiger partial charge in [-0.15, -0.1) is 0 Å². The Bertz CT molecular complexity index is 328. The molecule has 0 fully saturated rings. The molecule has 3 nitrogen and oxygen atoms in total. The zero-order valence-corrected chi connectivity index (χ0v) is 8.56. The van der Waals surface area contributed by atoms with Crippen molar-refractivity contribution in [2.45, 2.75) is 19.8 Å². The summed E-state index contributed by atoms with van der Waals surface area (Å²) in [4.78, 5) is 18.7. The van der Waals surface area contributed by atoms with Gasteiger partial charge in [-0.1, -0.05) is 18.5 Å². The highest BCUT2D eigenvalue weighted by Crippen LogP contribution is 2.16. The van der Waals surface area contributed by atoms with Crippen molar-refractivity contribution in [3.05, 3.63) is 22.2 Å². The smallest absolute Gasteiger partial charge is 0.223 e. The van der Waals surface area contributed by atoms with E-state index < -0.39 is 0 Å². The number of carbonyl (C=O) groups excluding carboxylic acids is 1. The van der Waals surface area contributed by atoms with Gasteiger partial charge in [-0.3, -0.25) is 4.79 Å². The van der Waals surface area contributed by atoms with Crippen LogP contribution in [-0.4, -0.2) is 15.8 Å². The topological polar surface area (TPSA) is 42.9 Å². The summed E-state index contributed by atoms with van der Waals surface area (Å²) < 4.78 is 0. The molecule has 0 spiro atoms. The molecule has 5 heteroatoms. The molecule has 0 aliphatic rings. The highest BCUT2D eigenvalue weighted by molar-refractivity contribution is 6.34. The Morgan fingerprint density at radius 2 is 2.23 bits per heavy atom. The highest BCUT2D eigenvalue weighted by atomic mass is 35.5. The van der Waals surface area contributed by atoms with E-state index in [9.17, 15) is 4.79 Å². The number of halogens is 2. The van der Waals surface area contributed by atoms with Crippen LogP contribution in [0, 0.1) is 0 Å². The minimum atomic E-state index is -0.0517. The summed E-state index contributed by atoms with van der Waals surface area (Å²) in [6.07, 6.45) is 2.58. The normalized spacial score (nSPS) is 10.1. The van der Waals surface area contributed by atoms with Crippen LogP contribution in [-0.2, 0) is 0 Å². The van der Waals surface area contributed by atoms with Crippen molar-refractivity contribution < 1.29 is 4.79 Å². The second-order valence-corrected chi connectivity index (χ2v) is 3.21. The summed E-state index contributed by atoms with van der Waals surface area (Å²) in [5.74, 6) is -0.0517. The lowest BCUT2D eigenvalue weighted by Crippen LogP contribution is -2.01. The first kappa shape index (κ1) is 10.4. The van der Waals surface area contributed by atoms with Crippen LogP contribution in [0.4, 0.5) is 0 Å². The minimum absolute atomic E-state index is 0.0517. The molecule has 1 aromatic heterocycles. The van der Waals surface area contributed by atoms with Gasteiger partial charge in [-0.2, -0.15) is 0 Å². The lowest BCUT2D eigenvalue weighted by atomic mass is 10.1. The van der Waals surface area contributed by atoms with Gasteiger partial charge in [-0.05, 0) is 18.0 Å². The van der Waals surface area contributed by atoms with Crippen LogP contribution in [0.25, 0.3) is 0 Å². The van der Waals surface area contributed by atoms with E-state index in [0.717, 1.165) is 6.42 Å². The molecule has 0 bridgehead atoms. The van der Waals surface area contributed by atoms with Gasteiger partial charge in [-0.25, -0.2) is 9.97 Å². The Morgan fingerprint density at radius 1 is 1.54 bits per heavy atom. The van der Waals surface area contributed by atoms with Crippen molar-refractivity contribution in [3.63, 3.8) is 0 Å². The molecule has 0 aliphatic heterocycles. The van der Waals surface area contributed by atoms with Gasteiger partial charge < -0.3 is 0 Å². The molecule has 0 radical (unpaired) electrons. The van der Waals surface area contributed by atoms with Crippen molar-refractivity contribution >= 4 is 29.0 Å². The summed E-state index contributed by atoms with van der Waals surface area (Å²) in [6, 6.07) is 0. The fraction of sp³-hybridized carbons (Fsp3) is 0.375. The molecule has 1 aromatic rings. The van der Waals surface area contributed by atoms with E-state index in [0.29, 0.717) is 12.0 Å². The van der Waals surface area contributed by atoms with Crippen LogP contribution in [0.2, 0.25) is 10.4 Å². The van der Waals surface area contributed by atoms with Crippen molar-refractivity contribution in [1.82, 2.24) is 9.97 Å². The van der Waals surface area contributed by atoms with Crippen LogP contribution < -0.4 is 0 Å². The molecule has 0 saturated carbocycles. The molecular formula is C8H8Cl2N2O. The maximum absolute atomic E-state index is 11.4. The van der Waals surface area contributed by atoms with Crippen LogP contribution >= 0.6 is 23.2 Å². The molecule has 0 aromatic carbocycles. The van der Waals surface area contributed by atoms with E-state index in [1.165, 1.54) is 6.20 Å². The summed E-state index contributed by atoms with van der Waals surface area (Å²) in [6.45, 7) is 1.92. The standard InChI is InChI=1S/C8H8Cl2N2O/c1-2-3-6(13)5-4-11-8(10)12-7(5)9/h4H,2-3H2,1H3. The summed E-state index contributed by atoms with van der Waals surface area (Å²) in [7, 11) is 0. The Balaban J connectivity index is 2.95. The summed E-state index contributed by atoms with van der Waals surface area (Å²) >= 11 is 11.2. The average molecular weight is 219 g/mol. The van der Waals surface area contributed by atoms with E-state index in [1.54, 1.807) is 0 Å². The van der Waals surface area contributed by atoms with E-state index >= 15 is 0 Å². The number of Topliss-reactive ketones (excluding diaryl/α,β-unsaturated/α-hetero) is 1. The van der Waals surface area contributed by atoms with E-state index in [1.807, 2.05) is 6.92 Å². The van der Waals surface area contributed by atoms with E-state index in [2.05, 4.69) is 9.97 Å². The zero-order valence-electron chi connectivity index (χ0n) is 7.05. The number of hydrogen-bond donors (Lipinski definition) is 0. The third kappa shape index (κ3) is 2.64. The Hall–Kier alpha value is -0.670. The lowest BCUT2D eigenvalue weighted by molar-refractivity contribution is 0.0981. The van der Waals surface area contributed by atoms with Gasteiger partial charge >= 0.3 is 0 Å². The fourth-order valence-electron chi connectivity index (χ4n) is 0.890. The molecule has 0 amide bonds. The Labute approximate surface area is 86.1 Å². The van der Waals surface area contributed by atoms with Crippen LogP contribution in [0.3, 0.4) is 0 Å². The molecule has 0 atom stereocenters. The Kier molecular flexibility index (Phi) is 3.63. The van der Waals surface area contributed by atoms with Crippen LogP contribution in [0.1, 0.15) is 30.1 Å². The largest absolute Gasteiger partial charge is 0.294 e. The maximum Gasteiger partial charge on any atom is 0.223 e. The van der Waals surface area contributed by atoms with E-state index in [-0.39, 0.29) is 16.2 Å². The van der Waals surface area contributed by atoms with Crippen molar-refractivity contribution in [1.29, 1.82) is 0 Å². The molecule has 0 aliphatic carbocycles. The van der Waals surface area contributed by atoms with Crippen molar-refractivity contribution in [2.24, 2.45) is 0 Å². The first-order valence-electron chi connectivity index (χ1n) is 3.86. The quantitative estimate of drug-likeness (QED) is 0.446. The van der Waals surface area contributed by atoms with Crippen molar-refractivity contribution in [2.75, 3.05) is 0 Å². The number of hydrogen-bond acceptors (Lipinski definition) is 3. The molecule has 0 saturated heterocycles. The number of rotatable bonds is 3. The predicted octanol–water partition coefficient (Wildman–Crippen LogP) is 2.77. The summed E-state index contributed by atoms with van der Waals surface area (Å²) in [5.41, 5.74) is 0.341. The number of nitrogens with zero attached hydrogens (tertiary/aromatic N) is 2. The van der Waals surface area contributed by atoms with Gasteiger partial charge in [0, 0.05) is 12.6 Å². The fourth-order valence-corrected chi connectivity index (χ4v) is 1.30. The second kappa shape index (κ2) is 4.53. The third-order valence-corrected chi connectivity index (χ3v) is 1.96. The number of carbonyl (C=O) groups is 1. The van der Waals surface area contributed by atoms with Gasteiger partial charge in [0.15, 0.2) is 5.78 Å². The summed E-state index contributed by atoms with van der Waals surface area (Å²) in [5, 5.41) is 0.177. The van der Waals surface area contributed by atoms with Gasteiger partial charge in [0.25, 0.3) is 0 Å². The minimum Gasteiger partial charge on any atom is -0.294 e. The van der Waals surface area contributed by atoms with E-state index in [4.69, 9.17) is 23.2 Å². The third-order valence-electron chi connectivity index (χ3n) is 1.49. The molecule has 70 valence electrons. The maximum atomic E-state index is 11.4.